The summed E-state index contributed by atoms with van der Waals surface area (Å²) in [6, 6.07) is 13.4. The van der Waals surface area contributed by atoms with Gasteiger partial charge in [0.15, 0.2) is 0 Å². The first-order valence-corrected chi connectivity index (χ1v) is 11.0. The molecule has 0 aliphatic heterocycles. The van der Waals surface area contributed by atoms with E-state index in [4.69, 9.17) is 11.6 Å². The molecule has 4 nitrogen and oxygen atoms in total. The van der Waals surface area contributed by atoms with Gasteiger partial charge in [-0.1, -0.05) is 66.2 Å². The van der Waals surface area contributed by atoms with Gasteiger partial charge in [-0.15, -0.1) is 0 Å². The van der Waals surface area contributed by atoms with Crippen LogP contribution < -0.4 is 0 Å². The average Bonchev–Trinajstić information content (AvgIpc) is 2.77. The summed E-state index contributed by atoms with van der Waals surface area (Å²) in [5, 5.41) is 0.0934. The Hall–Kier alpha value is -2.89. The van der Waals surface area contributed by atoms with Gasteiger partial charge in [-0.2, -0.15) is 34.8 Å². The summed E-state index contributed by atoms with van der Waals surface area (Å²) in [7, 11) is -6.43. The molecule has 12 heteroatoms. The highest BCUT2D eigenvalue weighted by Gasteiger charge is 2.56. The third-order valence-corrected chi connectivity index (χ3v) is 6.03. The monoisotopic (exact) mass is 522 g/mol. The summed E-state index contributed by atoms with van der Waals surface area (Å²) in [5.74, 6) is -1.26. The molecule has 1 atom stereocenters. The maximum Gasteiger partial charge on any atom is 0.523 e. The second-order valence-corrected chi connectivity index (χ2v) is 8.92. The standard InChI is InChI=1S/C22H13ClF6O4S/c23-18-12-10-16(11-13-18)20(33-34(31,32)22(27,28)29,19(30)14-4-2-1-3-5-14)15-6-8-17(9-7-15)21(24,25)26/h1-13H. The molecule has 0 N–H and O–H groups in total. The van der Waals surface area contributed by atoms with Crippen molar-refractivity contribution >= 4 is 27.5 Å². The molecule has 1 unspecified atom stereocenters. The Kier molecular flexibility index (Phi) is 6.84. The third kappa shape index (κ3) is 4.96. The van der Waals surface area contributed by atoms with Crippen LogP contribution in [0.3, 0.4) is 0 Å². The van der Waals surface area contributed by atoms with Crippen molar-refractivity contribution in [1.29, 1.82) is 0 Å². The van der Waals surface area contributed by atoms with Gasteiger partial charge in [-0.3, -0.25) is 4.79 Å². The zero-order valence-electron chi connectivity index (χ0n) is 16.7. The molecule has 0 amide bonds. The molecular formula is C22H13ClF6O4S. The molecule has 0 aromatic heterocycles. The van der Waals surface area contributed by atoms with Crippen molar-refractivity contribution in [3.8, 4) is 0 Å². The molecule has 3 rings (SSSR count). The predicted molar refractivity (Wildman–Crippen MR) is 111 cm³/mol. The van der Waals surface area contributed by atoms with E-state index in [0.29, 0.717) is 24.3 Å². The number of ketones is 1. The lowest BCUT2D eigenvalue weighted by atomic mass is 9.80. The van der Waals surface area contributed by atoms with Crippen molar-refractivity contribution in [2.24, 2.45) is 0 Å². The smallest absolute Gasteiger partial charge is 0.290 e. The molecule has 0 radical (unpaired) electrons. The van der Waals surface area contributed by atoms with Crippen LogP contribution >= 0.6 is 11.6 Å². The summed E-state index contributed by atoms with van der Waals surface area (Å²) < 4.78 is 108. The Labute approximate surface area is 194 Å². The van der Waals surface area contributed by atoms with Crippen LogP contribution in [0, 0.1) is 0 Å². The van der Waals surface area contributed by atoms with Gasteiger partial charge in [0.25, 0.3) is 0 Å². The summed E-state index contributed by atoms with van der Waals surface area (Å²) in [5.41, 5.74) is -11.4. The first kappa shape index (κ1) is 25.7. The molecule has 0 saturated carbocycles. The predicted octanol–water partition coefficient (Wildman–Crippen LogP) is 6.35. The molecule has 3 aromatic carbocycles. The van der Waals surface area contributed by atoms with Crippen molar-refractivity contribution in [3.63, 3.8) is 0 Å². The summed E-state index contributed by atoms with van der Waals surface area (Å²) in [6.07, 6.45) is -4.80. The number of carbonyl (C=O) groups is 1. The number of Topliss-reactive ketones (excluding diaryl/α,β-unsaturated/α-hetero) is 1. The molecule has 0 aliphatic rings. The lowest BCUT2D eigenvalue weighted by molar-refractivity contribution is -0.137. The van der Waals surface area contributed by atoms with Crippen LogP contribution in [0.25, 0.3) is 0 Å². The highest BCUT2D eigenvalue weighted by molar-refractivity contribution is 7.87. The van der Waals surface area contributed by atoms with E-state index < -0.39 is 49.9 Å². The fourth-order valence-corrected chi connectivity index (χ4v) is 3.96. The van der Waals surface area contributed by atoms with Crippen LogP contribution in [0.15, 0.2) is 78.9 Å². The van der Waals surface area contributed by atoms with E-state index in [1.165, 1.54) is 30.3 Å². The van der Waals surface area contributed by atoms with Crippen molar-refractivity contribution in [2.45, 2.75) is 17.3 Å². The molecule has 0 bridgehead atoms. The Bertz CT molecular complexity index is 1270. The number of carbonyl (C=O) groups excluding carboxylic acids is 1. The van der Waals surface area contributed by atoms with E-state index in [-0.39, 0.29) is 10.6 Å². The molecule has 3 aromatic rings. The van der Waals surface area contributed by atoms with E-state index >= 15 is 0 Å². The number of alkyl halides is 6. The molecule has 34 heavy (non-hydrogen) atoms. The maximum atomic E-state index is 13.6. The molecule has 0 aliphatic carbocycles. The normalized spacial score (nSPS) is 14.4. The van der Waals surface area contributed by atoms with Crippen LogP contribution in [0.2, 0.25) is 5.02 Å². The van der Waals surface area contributed by atoms with Gasteiger partial charge in [0.1, 0.15) is 0 Å². The van der Waals surface area contributed by atoms with E-state index in [1.807, 2.05) is 0 Å². The molecule has 180 valence electrons. The number of benzene rings is 3. The van der Waals surface area contributed by atoms with Gasteiger partial charge in [-0.25, -0.2) is 4.18 Å². The quantitative estimate of drug-likeness (QED) is 0.164. The fourth-order valence-electron chi connectivity index (χ4n) is 3.15. The molecule has 0 heterocycles. The van der Waals surface area contributed by atoms with Gasteiger partial charge in [-0.05, 0) is 35.4 Å². The zero-order chi connectivity index (χ0) is 25.4. The van der Waals surface area contributed by atoms with E-state index in [2.05, 4.69) is 4.18 Å². The third-order valence-electron chi connectivity index (χ3n) is 4.74. The SMILES string of the molecule is O=C(c1ccccc1)C(OS(=O)(=O)C(F)(F)F)(c1ccc(Cl)cc1)c1ccc(C(F)(F)F)cc1. The Morgan fingerprint density at radius 1 is 0.706 bits per heavy atom. The summed E-state index contributed by atoms with van der Waals surface area (Å²) in [6.45, 7) is 0. The molecule has 0 saturated heterocycles. The van der Waals surface area contributed by atoms with Gasteiger partial charge in [0.05, 0.1) is 5.56 Å². The Morgan fingerprint density at radius 2 is 1.15 bits per heavy atom. The zero-order valence-corrected chi connectivity index (χ0v) is 18.3. The fraction of sp³-hybridized carbons (Fsp3) is 0.136. The molecule has 0 spiro atoms. The van der Waals surface area contributed by atoms with Crippen molar-refractivity contribution in [3.05, 3.63) is 106 Å². The van der Waals surface area contributed by atoms with Crippen LogP contribution in [0.5, 0.6) is 0 Å². The number of rotatable bonds is 6. The van der Waals surface area contributed by atoms with Crippen LogP contribution in [-0.4, -0.2) is 19.7 Å². The lowest BCUT2D eigenvalue weighted by Gasteiger charge is -2.33. The summed E-state index contributed by atoms with van der Waals surface area (Å²) in [4.78, 5) is 13.6. The Morgan fingerprint density at radius 3 is 1.59 bits per heavy atom. The minimum Gasteiger partial charge on any atom is -0.290 e. The second-order valence-electron chi connectivity index (χ2n) is 6.94. The van der Waals surface area contributed by atoms with Crippen LogP contribution in [0.4, 0.5) is 26.3 Å². The van der Waals surface area contributed by atoms with Gasteiger partial charge in [0, 0.05) is 10.6 Å². The van der Waals surface area contributed by atoms with Crippen molar-refractivity contribution < 1.29 is 43.7 Å². The average molecular weight is 523 g/mol. The first-order valence-electron chi connectivity index (χ1n) is 9.24. The van der Waals surface area contributed by atoms with Crippen LogP contribution in [-0.2, 0) is 26.1 Å². The second kappa shape index (κ2) is 9.05. The van der Waals surface area contributed by atoms with E-state index in [0.717, 1.165) is 24.3 Å². The highest BCUT2D eigenvalue weighted by atomic mass is 35.5. The lowest BCUT2D eigenvalue weighted by Crippen LogP contribution is -2.45. The molecule has 0 fully saturated rings. The van der Waals surface area contributed by atoms with Crippen molar-refractivity contribution in [1.82, 2.24) is 0 Å². The van der Waals surface area contributed by atoms with Gasteiger partial charge < -0.3 is 0 Å². The molecular weight excluding hydrogens is 510 g/mol. The summed E-state index contributed by atoms with van der Waals surface area (Å²) >= 11 is 5.83. The minimum atomic E-state index is -6.43. The van der Waals surface area contributed by atoms with E-state index in [1.54, 1.807) is 0 Å². The first-order chi connectivity index (χ1) is 15.7. The Balaban J connectivity index is 2.38. The number of hydrogen-bond acceptors (Lipinski definition) is 4. The number of halogens is 7. The van der Waals surface area contributed by atoms with Gasteiger partial charge in [0.2, 0.25) is 11.4 Å². The van der Waals surface area contributed by atoms with E-state index in [9.17, 15) is 39.6 Å². The number of hydrogen-bond donors (Lipinski definition) is 0. The largest absolute Gasteiger partial charge is 0.523 e. The minimum absolute atomic E-state index is 0.0934. The van der Waals surface area contributed by atoms with Crippen molar-refractivity contribution in [2.75, 3.05) is 0 Å². The van der Waals surface area contributed by atoms with Gasteiger partial charge >= 0.3 is 21.8 Å². The maximum absolute atomic E-state index is 13.6. The highest BCUT2D eigenvalue weighted by Crippen LogP contribution is 2.43. The topological polar surface area (TPSA) is 60.4 Å². The van der Waals surface area contributed by atoms with Crippen LogP contribution in [0.1, 0.15) is 27.0 Å².